The lowest BCUT2D eigenvalue weighted by Gasteiger charge is -2.35. The Kier molecular flexibility index (Phi) is 5.68. The molecule has 1 fully saturated rings. The second-order valence-corrected chi connectivity index (χ2v) is 7.60. The predicted molar refractivity (Wildman–Crippen MR) is 105 cm³/mol. The fourth-order valence-electron chi connectivity index (χ4n) is 2.95. The first-order valence-corrected chi connectivity index (χ1v) is 9.45. The van der Waals surface area contributed by atoms with E-state index in [1.165, 1.54) is 0 Å². The molecule has 1 aliphatic rings. The highest BCUT2D eigenvalue weighted by atomic mass is 35.5. The highest BCUT2D eigenvalue weighted by Crippen LogP contribution is 2.24. The number of anilines is 1. The lowest BCUT2D eigenvalue weighted by atomic mass is 10.1. The molecule has 2 aromatic rings. The highest BCUT2D eigenvalue weighted by Gasteiger charge is 2.24. The van der Waals surface area contributed by atoms with Crippen LogP contribution >= 0.6 is 23.2 Å². The summed E-state index contributed by atoms with van der Waals surface area (Å²) in [4.78, 5) is 25.9. The van der Waals surface area contributed by atoms with Crippen molar-refractivity contribution in [3.05, 3.63) is 51.4 Å². The number of carbonyl (C=O) groups is 1. The van der Waals surface area contributed by atoms with Crippen molar-refractivity contribution in [1.29, 1.82) is 0 Å². The molecular formula is C19H22Cl2N4O. The first-order chi connectivity index (χ1) is 12.3. The SMILES string of the molecule is Cc1cc(N2CCN(C(=O)c3ccc(Cl)c(Cl)c3)CC2)nc(C(C)C)n1. The molecule has 1 saturated heterocycles. The lowest BCUT2D eigenvalue weighted by Crippen LogP contribution is -2.49. The second kappa shape index (κ2) is 7.80. The second-order valence-electron chi connectivity index (χ2n) is 6.79. The molecule has 0 atom stereocenters. The van der Waals surface area contributed by atoms with Crippen LogP contribution in [0.3, 0.4) is 0 Å². The quantitative estimate of drug-likeness (QED) is 0.785. The van der Waals surface area contributed by atoms with E-state index in [0.29, 0.717) is 28.7 Å². The van der Waals surface area contributed by atoms with Gasteiger partial charge in [-0.2, -0.15) is 0 Å². The standard InChI is InChI=1S/C19H22Cl2N4O/c1-12(2)18-22-13(3)10-17(23-18)24-6-8-25(9-7-24)19(26)14-4-5-15(20)16(21)11-14/h4-5,10-12H,6-9H2,1-3H3. The summed E-state index contributed by atoms with van der Waals surface area (Å²) in [5.41, 5.74) is 1.53. The molecule has 0 bridgehead atoms. The van der Waals surface area contributed by atoms with Crippen LogP contribution in [0.25, 0.3) is 0 Å². The van der Waals surface area contributed by atoms with Gasteiger partial charge >= 0.3 is 0 Å². The smallest absolute Gasteiger partial charge is 0.254 e. The van der Waals surface area contributed by atoms with E-state index in [2.05, 4.69) is 28.7 Å². The van der Waals surface area contributed by atoms with E-state index in [0.717, 1.165) is 30.4 Å². The molecule has 0 aliphatic carbocycles. The Balaban J connectivity index is 1.69. The summed E-state index contributed by atoms with van der Waals surface area (Å²) in [5.74, 6) is 2.05. The molecule has 1 aliphatic heterocycles. The van der Waals surface area contributed by atoms with Crippen molar-refractivity contribution < 1.29 is 4.79 Å². The number of aryl methyl sites for hydroxylation is 1. The van der Waals surface area contributed by atoms with Crippen LogP contribution in [0.4, 0.5) is 5.82 Å². The molecule has 7 heteroatoms. The van der Waals surface area contributed by atoms with Gasteiger partial charge in [0.25, 0.3) is 5.91 Å². The van der Waals surface area contributed by atoms with Gasteiger partial charge in [0.05, 0.1) is 10.0 Å². The average Bonchev–Trinajstić information content (AvgIpc) is 2.63. The average molecular weight is 393 g/mol. The Morgan fingerprint density at radius 2 is 1.73 bits per heavy atom. The number of rotatable bonds is 3. The van der Waals surface area contributed by atoms with Crippen molar-refractivity contribution in [2.24, 2.45) is 0 Å². The number of aromatic nitrogens is 2. The Labute approximate surface area is 163 Å². The van der Waals surface area contributed by atoms with Gasteiger partial charge in [0.1, 0.15) is 11.6 Å². The van der Waals surface area contributed by atoms with Gasteiger partial charge in [0, 0.05) is 49.4 Å². The van der Waals surface area contributed by atoms with Gasteiger partial charge in [-0.3, -0.25) is 4.79 Å². The van der Waals surface area contributed by atoms with Gasteiger partial charge in [0.2, 0.25) is 0 Å². The summed E-state index contributed by atoms with van der Waals surface area (Å²) < 4.78 is 0. The maximum Gasteiger partial charge on any atom is 0.254 e. The maximum absolute atomic E-state index is 12.7. The minimum atomic E-state index is -0.0232. The van der Waals surface area contributed by atoms with Crippen LogP contribution in [0, 0.1) is 6.92 Å². The van der Waals surface area contributed by atoms with Gasteiger partial charge in [-0.1, -0.05) is 37.0 Å². The van der Waals surface area contributed by atoms with Crippen LogP contribution < -0.4 is 4.90 Å². The zero-order valence-electron chi connectivity index (χ0n) is 15.2. The summed E-state index contributed by atoms with van der Waals surface area (Å²) in [6, 6.07) is 7.00. The summed E-state index contributed by atoms with van der Waals surface area (Å²) in [7, 11) is 0. The molecule has 138 valence electrons. The molecule has 0 unspecified atom stereocenters. The van der Waals surface area contributed by atoms with E-state index in [4.69, 9.17) is 23.2 Å². The minimum absolute atomic E-state index is 0.0232. The molecule has 1 aromatic carbocycles. The summed E-state index contributed by atoms with van der Waals surface area (Å²) >= 11 is 12.0. The van der Waals surface area contributed by atoms with E-state index in [1.807, 2.05) is 17.9 Å². The summed E-state index contributed by atoms with van der Waals surface area (Å²) in [5, 5.41) is 0.849. The molecule has 1 aromatic heterocycles. The van der Waals surface area contributed by atoms with Gasteiger partial charge in [-0.25, -0.2) is 9.97 Å². The third-order valence-corrected chi connectivity index (χ3v) is 5.17. The molecule has 2 heterocycles. The Morgan fingerprint density at radius 3 is 2.35 bits per heavy atom. The molecule has 0 spiro atoms. The number of amides is 1. The predicted octanol–water partition coefficient (Wildman–Crippen LogP) is 4.18. The fraction of sp³-hybridized carbons (Fsp3) is 0.421. The molecule has 5 nitrogen and oxygen atoms in total. The van der Waals surface area contributed by atoms with Crippen LogP contribution in [0.5, 0.6) is 0 Å². The highest BCUT2D eigenvalue weighted by molar-refractivity contribution is 6.42. The normalized spacial score (nSPS) is 14.8. The number of benzene rings is 1. The fourth-order valence-corrected chi connectivity index (χ4v) is 3.24. The molecule has 1 amide bonds. The first kappa shape index (κ1) is 18.9. The van der Waals surface area contributed by atoms with Crippen molar-refractivity contribution >= 4 is 34.9 Å². The van der Waals surface area contributed by atoms with E-state index < -0.39 is 0 Å². The van der Waals surface area contributed by atoms with Crippen molar-refractivity contribution in [2.45, 2.75) is 26.7 Å². The number of nitrogens with zero attached hydrogens (tertiary/aromatic N) is 4. The van der Waals surface area contributed by atoms with Crippen LogP contribution in [0.1, 0.15) is 41.6 Å². The molecule has 0 N–H and O–H groups in total. The lowest BCUT2D eigenvalue weighted by molar-refractivity contribution is 0.0746. The minimum Gasteiger partial charge on any atom is -0.353 e. The molecule has 0 saturated carbocycles. The third-order valence-electron chi connectivity index (χ3n) is 4.43. The number of piperazine rings is 1. The first-order valence-electron chi connectivity index (χ1n) is 8.70. The Morgan fingerprint density at radius 1 is 1.04 bits per heavy atom. The van der Waals surface area contributed by atoms with Crippen molar-refractivity contribution in [2.75, 3.05) is 31.1 Å². The van der Waals surface area contributed by atoms with E-state index in [-0.39, 0.29) is 11.8 Å². The third kappa shape index (κ3) is 4.10. The van der Waals surface area contributed by atoms with Crippen LogP contribution in [0.15, 0.2) is 24.3 Å². The summed E-state index contributed by atoms with van der Waals surface area (Å²) in [6.45, 7) is 8.92. The zero-order valence-corrected chi connectivity index (χ0v) is 16.7. The molecule has 26 heavy (non-hydrogen) atoms. The number of halogens is 2. The van der Waals surface area contributed by atoms with Crippen LogP contribution in [-0.4, -0.2) is 47.0 Å². The Hall–Kier alpha value is -1.85. The van der Waals surface area contributed by atoms with Crippen molar-refractivity contribution in [3.63, 3.8) is 0 Å². The van der Waals surface area contributed by atoms with Crippen molar-refractivity contribution in [3.8, 4) is 0 Å². The van der Waals surface area contributed by atoms with Crippen LogP contribution in [0.2, 0.25) is 10.0 Å². The van der Waals surface area contributed by atoms with Gasteiger partial charge in [-0.15, -0.1) is 0 Å². The van der Waals surface area contributed by atoms with E-state index >= 15 is 0 Å². The van der Waals surface area contributed by atoms with Crippen molar-refractivity contribution in [1.82, 2.24) is 14.9 Å². The van der Waals surface area contributed by atoms with E-state index in [1.54, 1.807) is 18.2 Å². The van der Waals surface area contributed by atoms with Gasteiger partial charge in [0.15, 0.2) is 0 Å². The largest absolute Gasteiger partial charge is 0.353 e. The van der Waals surface area contributed by atoms with E-state index in [9.17, 15) is 4.79 Å². The number of hydrogen-bond acceptors (Lipinski definition) is 4. The topological polar surface area (TPSA) is 49.3 Å². The number of hydrogen-bond donors (Lipinski definition) is 0. The van der Waals surface area contributed by atoms with Gasteiger partial charge < -0.3 is 9.80 Å². The monoisotopic (exact) mass is 392 g/mol. The maximum atomic E-state index is 12.7. The molecule has 0 radical (unpaired) electrons. The molecular weight excluding hydrogens is 371 g/mol. The summed E-state index contributed by atoms with van der Waals surface area (Å²) in [6.07, 6.45) is 0. The number of carbonyl (C=O) groups excluding carboxylic acids is 1. The van der Waals surface area contributed by atoms with Gasteiger partial charge in [-0.05, 0) is 25.1 Å². The van der Waals surface area contributed by atoms with Crippen LogP contribution in [-0.2, 0) is 0 Å². The zero-order chi connectivity index (χ0) is 18.8. The molecule has 3 rings (SSSR count). The Bertz CT molecular complexity index is 817.